The van der Waals surface area contributed by atoms with E-state index in [2.05, 4.69) is 55.4 Å². The van der Waals surface area contributed by atoms with Crippen molar-refractivity contribution in [1.82, 2.24) is 0 Å². The number of phosphoric acid groups is 2. The molecule has 0 aromatic rings. The fourth-order valence-corrected chi connectivity index (χ4v) is 13.3. The van der Waals surface area contributed by atoms with Gasteiger partial charge in [0.25, 0.3) is 0 Å². The monoisotopic (exact) mass is 1410 g/mol. The first-order chi connectivity index (χ1) is 46.1. The Kier molecular flexibility index (Phi) is 65.0. The zero-order valence-corrected chi connectivity index (χ0v) is 64.8. The Bertz CT molecular complexity index is 1890. The molecule has 3 unspecified atom stereocenters. The van der Waals surface area contributed by atoms with E-state index in [9.17, 15) is 43.2 Å². The second-order valence-electron chi connectivity index (χ2n) is 29.4. The second kappa shape index (κ2) is 66.3. The van der Waals surface area contributed by atoms with E-state index < -0.39 is 97.5 Å². The summed E-state index contributed by atoms with van der Waals surface area (Å²) in [6, 6.07) is 0. The maximum absolute atomic E-state index is 13.1. The minimum atomic E-state index is -4.96. The molecule has 17 nitrogen and oxygen atoms in total. The molecule has 0 aliphatic carbocycles. The molecule has 0 fully saturated rings. The van der Waals surface area contributed by atoms with Crippen LogP contribution in [0.1, 0.15) is 389 Å². The lowest BCUT2D eigenvalue weighted by Gasteiger charge is -2.21. The molecule has 0 saturated carbocycles. The van der Waals surface area contributed by atoms with Gasteiger partial charge < -0.3 is 33.8 Å². The highest BCUT2D eigenvalue weighted by Crippen LogP contribution is 2.45. The van der Waals surface area contributed by atoms with Gasteiger partial charge in [0.1, 0.15) is 19.3 Å². The molecule has 0 aromatic carbocycles. The van der Waals surface area contributed by atoms with Gasteiger partial charge in [-0.2, -0.15) is 0 Å². The number of phosphoric ester groups is 2. The number of carbonyl (C=O) groups excluding carboxylic acids is 4. The summed E-state index contributed by atoms with van der Waals surface area (Å²) < 4.78 is 68.5. The molecule has 0 radical (unpaired) electrons. The Morgan fingerprint density at radius 1 is 0.292 bits per heavy atom. The van der Waals surface area contributed by atoms with E-state index in [0.717, 1.165) is 120 Å². The largest absolute Gasteiger partial charge is 0.472 e. The Morgan fingerprint density at radius 2 is 0.500 bits per heavy atom. The van der Waals surface area contributed by atoms with Crippen molar-refractivity contribution in [2.24, 2.45) is 23.7 Å². The number of carbonyl (C=O) groups is 4. The molecule has 6 atom stereocenters. The van der Waals surface area contributed by atoms with E-state index in [4.69, 9.17) is 37.0 Å². The number of esters is 4. The van der Waals surface area contributed by atoms with Crippen LogP contribution in [0.4, 0.5) is 0 Å². The molecule has 0 amide bonds. The van der Waals surface area contributed by atoms with Crippen molar-refractivity contribution in [3.05, 3.63) is 0 Å². The lowest BCUT2D eigenvalue weighted by Crippen LogP contribution is -2.30. The lowest BCUT2D eigenvalue weighted by molar-refractivity contribution is -0.161. The highest BCUT2D eigenvalue weighted by Gasteiger charge is 2.30. The van der Waals surface area contributed by atoms with Crippen LogP contribution in [0, 0.1) is 23.7 Å². The van der Waals surface area contributed by atoms with E-state index >= 15 is 0 Å². The molecule has 0 aliphatic heterocycles. The third-order valence-electron chi connectivity index (χ3n) is 18.2. The third-order valence-corrected chi connectivity index (χ3v) is 20.1. The summed E-state index contributed by atoms with van der Waals surface area (Å²) in [7, 11) is -9.91. The first kappa shape index (κ1) is 94.1. The topological polar surface area (TPSA) is 237 Å². The predicted octanol–water partition coefficient (Wildman–Crippen LogP) is 22.4. The van der Waals surface area contributed by atoms with Crippen LogP contribution < -0.4 is 0 Å². The molecule has 19 heteroatoms. The normalized spacial score (nSPS) is 14.4. The van der Waals surface area contributed by atoms with Crippen LogP contribution in [0.25, 0.3) is 0 Å². The van der Waals surface area contributed by atoms with Crippen LogP contribution in [0.15, 0.2) is 0 Å². The van der Waals surface area contributed by atoms with Crippen molar-refractivity contribution in [3.8, 4) is 0 Å². The Balaban J connectivity index is 5.17. The van der Waals surface area contributed by atoms with Gasteiger partial charge in [-0.05, 0) is 49.4 Å². The zero-order valence-electron chi connectivity index (χ0n) is 63.0. The first-order valence-electron chi connectivity index (χ1n) is 39.7. The van der Waals surface area contributed by atoms with Crippen molar-refractivity contribution in [2.75, 3.05) is 39.6 Å². The third kappa shape index (κ3) is 69.2. The van der Waals surface area contributed by atoms with E-state index in [1.807, 2.05) is 0 Å². The van der Waals surface area contributed by atoms with Gasteiger partial charge >= 0.3 is 39.5 Å². The summed E-state index contributed by atoms with van der Waals surface area (Å²) in [5, 5.41) is 10.6. The fourth-order valence-electron chi connectivity index (χ4n) is 11.7. The van der Waals surface area contributed by atoms with Crippen LogP contribution in [0.2, 0.25) is 0 Å². The number of aliphatic hydroxyl groups is 1. The predicted molar refractivity (Wildman–Crippen MR) is 391 cm³/mol. The molecule has 0 aliphatic rings. The number of aliphatic hydroxyl groups excluding tert-OH is 1. The summed E-state index contributed by atoms with van der Waals surface area (Å²) in [6.45, 7) is 14.2. The lowest BCUT2D eigenvalue weighted by atomic mass is 10.00. The summed E-state index contributed by atoms with van der Waals surface area (Å²) in [6.07, 6.45) is 51.6. The SMILES string of the molecule is CCC(C)CCCCCCCCC(=O)OC[C@H](COP(=O)(O)OC[C@H](O)COP(=O)(O)OC[C@@H](COC(=O)CCCCCCCCCCCCCCCCCCCCC(C)C)OC(=O)CCCCCCCCCCC(C)C)OC(=O)CCCCCCCCCCCCCC(C)C. The first-order valence-corrected chi connectivity index (χ1v) is 42.7. The van der Waals surface area contributed by atoms with E-state index in [1.54, 1.807) is 0 Å². The van der Waals surface area contributed by atoms with Gasteiger partial charge in [-0.1, -0.05) is 338 Å². The minimum absolute atomic E-state index is 0.104. The van der Waals surface area contributed by atoms with Crippen LogP contribution in [0.3, 0.4) is 0 Å². The molecule has 0 spiro atoms. The molecule has 96 heavy (non-hydrogen) atoms. The second-order valence-corrected chi connectivity index (χ2v) is 32.3. The number of hydrogen-bond acceptors (Lipinski definition) is 15. The number of ether oxygens (including phenoxy) is 4. The van der Waals surface area contributed by atoms with Crippen molar-refractivity contribution in [1.29, 1.82) is 0 Å². The van der Waals surface area contributed by atoms with Gasteiger partial charge in [0.15, 0.2) is 12.2 Å². The van der Waals surface area contributed by atoms with Gasteiger partial charge in [0.05, 0.1) is 26.4 Å². The highest BCUT2D eigenvalue weighted by molar-refractivity contribution is 7.47. The number of rotatable bonds is 74. The average molecular weight is 1410 g/mol. The zero-order chi connectivity index (χ0) is 71.0. The molecule has 0 saturated heterocycles. The van der Waals surface area contributed by atoms with Crippen LogP contribution in [0.5, 0.6) is 0 Å². The fraction of sp³-hybridized carbons (Fsp3) is 0.948. The summed E-state index contributed by atoms with van der Waals surface area (Å²) in [4.78, 5) is 72.8. The molecule has 0 heterocycles. The Labute approximate surface area is 588 Å². The smallest absolute Gasteiger partial charge is 0.462 e. The van der Waals surface area contributed by atoms with Crippen LogP contribution in [-0.2, 0) is 65.4 Å². The van der Waals surface area contributed by atoms with E-state index in [0.29, 0.717) is 25.7 Å². The van der Waals surface area contributed by atoms with E-state index in [-0.39, 0.29) is 25.7 Å². The van der Waals surface area contributed by atoms with Crippen LogP contribution >= 0.6 is 15.6 Å². The van der Waals surface area contributed by atoms with Gasteiger partial charge in [0.2, 0.25) is 0 Å². The maximum atomic E-state index is 13.1. The van der Waals surface area contributed by atoms with E-state index in [1.165, 1.54) is 186 Å². The standard InChI is InChI=1S/C77H150O17P2/c1-9-70(8)56-48-40-35-36-42-50-58-75(80)88-64-73(93-76(81)59-51-43-33-26-22-18-20-24-30-38-46-54-68(4)5)66-92-96(85,86)90-62-71(78)61-89-95(83,84)91-65-72(94-77(82)60-52-44-34-28-27-31-39-47-55-69(6)7)63-87-74(79)57-49-41-32-25-21-17-15-13-11-10-12-14-16-19-23-29-37-45-53-67(2)3/h67-73,78H,9-66H2,1-8H3,(H,83,84)(H,85,86)/t70?,71-,72-,73-/m1/s1. The number of unbranched alkanes of at least 4 members (excludes halogenated alkanes) is 39. The van der Waals surface area contributed by atoms with Gasteiger partial charge in [0, 0.05) is 25.7 Å². The van der Waals surface area contributed by atoms with Crippen molar-refractivity contribution < 1.29 is 80.2 Å². The minimum Gasteiger partial charge on any atom is -0.462 e. The number of hydrogen-bond donors (Lipinski definition) is 3. The van der Waals surface area contributed by atoms with Crippen LogP contribution in [-0.4, -0.2) is 96.7 Å². The van der Waals surface area contributed by atoms with Gasteiger partial charge in [-0.3, -0.25) is 37.3 Å². The molecule has 570 valence electrons. The Hall–Kier alpha value is -1.94. The van der Waals surface area contributed by atoms with Gasteiger partial charge in [-0.25, -0.2) is 9.13 Å². The summed E-state index contributed by atoms with van der Waals surface area (Å²) >= 11 is 0. The van der Waals surface area contributed by atoms with Crippen molar-refractivity contribution in [2.45, 2.75) is 408 Å². The quantitative estimate of drug-likeness (QED) is 0.0222. The molecule has 0 rings (SSSR count). The van der Waals surface area contributed by atoms with Crippen molar-refractivity contribution in [3.63, 3.8) is 0 Å². The summed E-state index contributed by atoms with van der Waals surface area (Å²) in [5.74, 6) is 0.914. The average Bonchev–Trinajstić information content (AvgIpc) is 2.13. The molecule has 0 aromatic heterocycles. The molecule has 0 bridgehead atoms. The highest BCUT2D eigenvalue weighted by atomic mass is 31.2. The molecular formula is C77H150O17P2. The molecular weight excluding hydrogens is 1260 g/mol. The molecule has 3 N–H and O–H groups in total. The van der Waals surface area contributed by atoms with Crippen molar-refractivity contribution >= 4 is 39.5 Å². The Morgan fingerprint density at radius 3 is 0.740 bits per heavy atom. The van der Waals surface area contributed by atoms with Gasteiger partial charge in [-0.15, -0.1) is 0 Å². The summed E-state index contributed by atoms with van der Waals surface area (Å²) in [5.41, 5.74) is 0. The maximum Gasteiger partial charge on any atom is 0.472 e.